The number of aromatic nitrogens is 3. The van der Waals surface area contributed by atoms with Crippen molar-refractivity contribution in [2.45, 2.75) is 26.3 Å². The van der Waals surface area contributed by atoms with Crippen LogP contribution < -0.4 is 5.73 Å². The minimum absolute atomic E-state index is 0.405. The molecule has 0 aliphatic rings. The fraction of sp³-hybridized carbons (Fsp3) is 0.714. The van der Waals surface area contributed by atoms with Gasteiger partial charge in [0.1, 0.15) is 0 Å². The fourth-order valence-corrected chi connectivity index (χ4v) is 1.08. The maximum Gasteiger partial charge on any atom is 0.0897 e. The van der Waals surface area contributed by atoms with E-state index in [-0.39, 0.29) is 0 Å². The molecule has 0 fully saturated rings. The van der Waals surface area contributed by atoms with E-state index in [2.05, 4.69) is 24.2 Å². The summed E-state index contributed by atoms with van der Waals surface area (Å²) in [5, 5.41) is 7.91. The lowest BCUT2D eigenvalue weighted by molar-refractivity contribution is 0.678. The smallest absolute Gasteiger partial charge is 0.0897 e. The summed E-state index contributed by atoms with van der Waals surface area (Å²) in [6, 6.07) is 0. The third-order valence-electron chi connectivity index (χ3n) is 1.71. The normalized spacial score (nSPS) is 11.0. The summed E-state index contributed by atoms with van der Waals surface area (Å²) in [4.78, 5) is 0. The molecule has 0 saturated carbocycles. The Labute approximate surface area is 66.4 Å². The van der Waals surface area contributed by atoms with Crippen LogP contribution in [-0.4, -0.2) is 15.0 Å². The quantitative estimate of drug-likeness (QED) is 0.670. The molecule has 1 heterocycles. The highest BCUT2D eigenvalue weighted by molar-refractivity contribution is 5.13. The lowest BCUT2D eigenvalue weighted by atomic mass is 10.1. The maximum absolute atomic E-state index is 5.53. The van der Waals surface area contributed by atoms with Crippen molar-refractivity contribution in [2.24, 2.45) is 12.8 Å². The molecule has 0 amide bonds. The second kappa shape index (κ2) is 3.00. The molecule has 11 heavy (non-hydrogen) atoms. The van der Waals surface area contributed by atoms with Gasteiger partial charge in [-0.25, -0.2) is 0 Å². The summed E-state index contributed by atoms with van der Waals surface area (Å²) in [7, 11) is 1.86. The highest BCUT2D eigenvalue weighted by Gasteiger charge is 2.11. The zero-order chi connectivity index (χ0) is 8.43. The molecule has 1 aromatic heterocycles. The molecule has 0 atom stereocenters. The van der Waals surface area contributed by atoms with Gasteiger partial charge in [0.25, 0.3) is 0 Å². The first-order valence-corrected chi connectivity index (χ1v) is 3.75. The molecule has 0 spiro atoms. The van der Waals surface area contributed by atoms with E-state index >= 15 is 0 Å². The van der Waals surface area contributed by atoms with Crippen LogP contribution in [0, 0.1) is 0 Å². The van der Waals surface area contributed by atoms with Gasteiger partial charge in [-0.15, -0.1) is 5.10 Å². The predicted octanol–water partition coefficient (Wildman–Crippen LogP) is 0.397. The Morgan fingerprint density at radius 3 is 2.55 bits per heavy atom. The van der Waals surface area contributed by atoms with E-state index in [0.717, 1.165) is 11.4 Å². The largest absolute Gasteiger partial charge is 0.325 e. The molecule has 0 unspecified atom stereocenters. The lowest BCUT2D eigenvalue weighted by Gasteiger charge is -2.02. The minimum atomic E-state index is 0.405. The average Bonchev–Trinajstić information content (AvgIpc) is 2.30. The first kappa shape index (κ1) is 8.20. The van der Waals surface area contributed by atoms with E-state index in [4.69, 9.17) is 5.73 Å². The van der Waals surface area contributed by atoms with Crippen LogP contribution in [0.1, 0.15) is 31.2 Å². The van der Waals surface area contributed by atoms with Gasteiger partial charge >= 0.3 is 0 Å². The third kappa shape index (κ3) is 1.40. The summed E-state index contributed by atoms with van der Waals surface area (Å²) >= 11 is 0. The molecule has 0 aliphatic carbocycles. The van der Waals surface area contributed by atoms with E-state index < -0.39 is 0 Å². The molecule has 2 N–H and O–H groups in total. The Hall–Kier alpha value is -0.900. The molecular weight excluding hydrogens is 140 g/mol. The van der Waals surface area contributed by atoms with E-state index in [9.17, 15) is 0 Å². The van der Waals surface area contributed by atoms with Crippen molar-refractivity contribution in [1.29, 1.82) is 0 Å². The van der Waals surface area contributed by atoms with Crippen LogP contribution in [0.2, 0.25) is 0 Å². The number of aryl methyl sites for hydroxylation is 1. The summed E-state index contributed by atoms with van der Waals surface area (Å²) in [5.74, 6) is 0.405. The van der Waals surface area contributed by atoms with Gasteiger partial charge in [0.15, 0.2) is 0 Å². The number of nitrogens with zero attached hydrogens (tertiary/aromatic N) is 3. The molecular formula is C7H14N4. The Balaban J connectivity index is 3.05. The number of rotatable bonds is 2. The highest BCUT2D eigenvalue weighted by Crippen LogP contribution is 2.14. The molecule has 1 aromatic rings. The van der Waals surface area contributed by atoms with Crippen LogP contribution in [0.15, 0.2) is 0 Å². The fourth-order valence-electron chi connectivity index (χ4n) is 1.08. The Morgan fingerprint density at radius 2 is 2.18 bits per heavy atom. The molecule has 4 heteroatoms. The molecule has 62 valence electrons. The Bertz CT molecular complexity index is 239. The first-order chi connectivity index (χ1) is 5.16. The van der Waals surface area contributed by atoms with Crippen molar-refractivity contribution in [3.8, 4) is 0 Å². The predicted molar refractivity (Wildman–Crippen MR) is 43.0 cm³/mol. The van der Waals surface area contributed by atoms with E-state index in [1.165, 1.54) is 0 Å². The molecule has 0 aromatic carbocycles. The molecule has 4 nitrogen and oxygen atoms in total. The van der Waals surface area contributed by atoms with Gasteiger partial charge in [-0.1, -0.05) is 19.1 Å². The first-order valence-electron chi connectivity index (χ1n) is 3.75. The van der Waals surface area contributed by atoms with Gasteiger partial charge in [-0.2, -0.15) is 0 Å². The van der Waals surface area contributed by atoms with Gasteiger partial charge in [-0.05, 0) is 5.92 Å². The molecule has 1 rings (SSSR count). The summed E-state index contributed by atoms with van der Waals surface area (Å²) in [6.45, 7) is 4.68. The zero-order valence-electron chi connectivity index (χ0n) is 7.20. The van der Waals surface area contributed by atoms with Crippen LogP contribution in [-0.2, 0) is 13.6 Å². The third-order valence-corrected chi connectivity index (χ3v) is 1.71. The van der Waals surface area contributed by atoms with Crippen molar-refractivity contribution >= 4 is 0 Å². The van der Waals surface area contributed by atoms with Crippen molar-refractivity contribution in [3.63, 3.8) is 0 Å². The SMILES string of the molecule is CC(C)c1nnn(C)c1CN. The molecule has 0 bridgehead atoms. The topological polar surface area (TPSA) is 56.7 Å². The number of hydrogen-bond acceptors (Lipinski definition) is 3. The van der Waals surface area contributed by atoms with Crippen molar-refractivity contribution in [2.75, 3.05) is 0 Å². The minimum Gasteiger partial charge on any atom is -0.325 e. The van der Waals surface area contributed by atoms with Gasteiger partial charge in [0.05, 0.1) is 11.4 Å². The maximum atomic E-state index is 5.53. The Morgan fingerprint density at radius 1 is 1.55 bits per heavy atom. The van der Waals surface area contributed by atoms with Crippen LogP contribution >= 0.6 is 0 Å². The van der Waals surface area contributed by atoms with E-state index in [0.29, 0.717) is 12.5 Å². The average molecular weight is 154 g/mol. The number of nitrogens with two attached hydrogens (primary N) is 1. The van der Waals surface area contributed by atoms with Gasteiger partial charge in [0.2, 0.25) is 0 Å². The van der Waals surface area contributed by atoms with Crippen molar-refractivity contribution < 1.29 is 0 Å². The second-order valence-corrected chi connectivity index (χ2v) is 2.90. The van der Waals surface area contributed by atoms with Crippen LogP contribution in [0.5, 0.6) is 0 Å². The summed E-state index contributed by atoms with van der Waals surface area (Å²) in [6.07, 6.45) is 0. The van der Waals surface area contributed by atoms with Gasteiger partial charge in [0, 0.05) is 13.6 Å². The van der Waals surface area contributed by atoms with Crippen LogP contribution in [0.3, 0.4) is 0 Å². The Kier molecular flexibility index (Phi) is 2.24. The summed E-state index contributed by atoms with van der Waals surface area (Å²) < 4.78 is 1.73. The monoisotopic (exact) mass is 154 g/mol. The van der Waals surface area contributed by atoms with Crippen LogP contribution in [0.25, 0.3) is 0 Å². The lowest BCUT2D eigenvalue weighted by Crippen LogP contribution is -2.07. The van der Waals surface area contributed by atoms with Crippen molar-refractivity contribution in [3.05, 3.63) is 11.4 Å². The standard InChI is InChI=1S/C7H14N4/c1-5(2)7-6(4-8)11(3)10-9-7/h5H,4,8H2,1-3H3. The van der Waals surface area contributed by atoms with Gasteiger partial charge in [-0.3, -0.25) is 4.68 Å². The number of hydrogen-bond donors (Lipinski definition) is 1. The second-order valence-electron chi connectivity index (χ2n) is 2.90. The zero-order valence-corrected chi connectivity index (χ0v) is 7.20. The summed E-state index contributed by atoms with van der Waals surface area (Å²) in [5.41, 5.74) is 7.57. The molecule has 0 aliphatic heterocycles. The highest BCUT2D eigenvalue weighted by atomic mass is 15.4. The van der Waals surface area contributed by atoms with Gasteiger partial charge < -0.3 is 5.73 Å². The van der Waals surface area contributed by atoms with E-state index in [1.54, 1.807) is 4.68 Å². The van der Waals surface area contributed by atoms with E-state index in [1.807, 2.05) is 7.05 Å². The molecule has 0 radical (unpaired) electrons. The molecule has 0 saturated heterocycles. The van der Waals surface area contributed by atoms with Crippen LogP contribution in [0.4, 0.5) is 0 Å². The van der Waals surface area contributed by atoms with Crippen molar-refractivity contribution in [1.82, 2.24) is 15.0 Å².